The Morgan fingerprint density at radius 2 is 1.87 bits per heavy atom. The Kier molecular flexibility index (Phi) is 7.41. The first-order chi connectivity index (χ1) is 14.2. The number of rotatable bonds is 8. The van der Waals surface area contributed by atoms with Crippen LogP contribution in [0.3, 0.4) is 0 Å². The van der Waals surface area contributed by atoms with E-state index in [0.29, 0.717) is 6.20 Å². The maximum Gasteiger partial charge on any atom is 0.490 e. The Bertz CT molecular complexity index is 1160. The second-order valence-corrected chi connectivity index (χ2v) is 10.8. The minimum absolute atomic E-state index is 0.200. The lowest BCUT2D eigenvalue weighted by atomic mass is 10.1. The standard InChI is InChI=1S/C9H13ClFN2O14P3S/c10-3-1-13(8(16)12-6(3)31)7-4(14)5(15)9(11,25-7)2-24-29(20,21)27-30(22,23)26-28(17,18)19/h1,4-5,7,14-15H,2H2,(H,20,21)(H,22,23)(H,12,16,31)(H2,17,18,19)/t4-,5+,7-,9-/m1/s1/i7D. The third kappa shape index (κ3) is 6.80. The van der Waals surface area contributed by atoms with E-state index in [1.54, 1.807) is 0 Å². The van der Waals surface area contributed by atoms with Crippen molar-refractivity contribution < 1.29 is 67.1 Å². The average molecular weight is 554 g/mol. The first kappa shape index (κ1) is 25.2. The minimum Gasteiger partial charge on any atom is -0.385 e. The number of ether oxygens (including phenoxy) is 1. The van der Waals surface area contributed by atoms with E-state index in [-0.39, 0.29) is 14.2 Å². The molecule has 7 N–H and O–H groups in total. The molecule has 0 spiro atoms. The SMILES string of the molecule is [2H][C@@]1(n2cc(Cl)c(=S)[nH]c2=O)O[C@](F)(COP(=O)(O)OP(=O)(O)OP(=O)(O)O)[C@@H](O)[C@H]1O. The van der Waals surface area contributed by atoms with E-state index in [1.807, 2.05) is 4.98 Å². The molecule has 1 aliphatic rings. The van der Waals surface area contributed by atoms with Gasteiger partial charge in [0.1, 0.15) is 23.5 Å². The minimum atomic E-state index is -5.92. The number of nitrogens with zero attached hydrogens (tertiary/aromatic N) is 1. The number of aliphatic hydroxyl groups excluding tert-OH is 2. The number of phosphoric acid groups is 3. The number of hydrogen-bond acceptors (Lipinski definition) is 11. The molecule has 6 atom stereocenters. The molecule has 1 saturated heterocycles. The molecular formula is C9H13ClFN2O14P3S. The van der Waals surface area contributed by atoms with Gasteiger partial charge in [-0.3, -0.25) is 14.1 Å². The molecule has 0 aliphatic carbocycles. The fourth-order valence-electron chi connectivity index (χ4n) is 2.06. The van der Waals surface area contributed by atoms with Gasteiger partial charge in [0.25, 0.3) is 5.85 Å². The van der Waals surface area contributed by atoms with Gasteiger partial charge in [-0.25, -0.2) is 22.9 Å². The van der Waals surface area contributed by atoms with Crippen LogP contribution in [-0.2, 0) is 31.6 Å². The van der Waals surface area contributed by atoms with Crippen molar-refractivity contribution in [1.29, 1.82) is 0 Å². The van der Waals surface area contributed by atoms with Gasteiger partial charge in [-0.15, -0.1) is 0 Å². The van der Waals surface area contributed by atoms with Gasteiger partial charge in [-0.2, -0.15) is 8.62 Å². The van der Waals surface area contributed by atoms with E-state index in [2.05, 4.69) is 30.1 Å². The Morgan fingerprint density at radius 3 is 2.42 bits per heavy atom. The monoisotopic (exact) mass is 553 g/mol. The lowest BCUT2D eigenvalue weighted by molar-refractivity contribution is -0.204. The number of phosphoric ester groups is 1. The summed E-state index contributed by atoms with van der Waals surface area (Å²) in [4.78, 5) is 49.3. The molecule has 16 nitrogen and oxygen atoms in total. The second-order valence-electron chi connectivity index (χ2n) is 5.59. The van der Waals surface area contributed by atoms with Crippen LogP contribution >= 0.6 is 47.3 Å². The number of alkyl halides is 1. The van der Waals surface area contributed by atoms with E-state index in [9.17, 15) is 33.6 Å². The maximum atomic E-state index is 15.1. The van der Waals surface area contributed by atoms with Crippen molar-refractivity contribution in [3.8, 4) is 0 Å². The Morgan fingerprint density at radius 1 is 1.29 bits per heavy atom. The second kappa shape index (κ2) is 9.10. The van der Waals surface area contributed by atoms with E-state index < -0.39 is 60.0 Å². The molecule has 22 heteroatoms. The van der Waals surface area contributed by atoms with Gasteiger partial charge in [0.05, 0.1) is 6.39 Å². The fraction of sp³-hybridized carbons (Fsp3) is 0.556. The highest BCUT2D eigenvalue weighted by Crippen LogP contribution is 2.66. The van der Waals surface area contributed by atoms with Crippen molar-refractivity contribution in [1.82, 2.24) is 9.55 Å². The zero-order valence-electron chi connectivity index (χ0n) is 15.3. The summed E-state index contributed by atoms with van der Waals surface area (Å²) in [7, 11) is -17.5. The number of halogens is 2. The van der Waals surface area contributed by atoms with Gasteiger partial charge in [0.15, 0.2) is 6.20 Å². The summed E-state index contributed by atoms with van der Waals surface area (Å²) in [6.45, 7) is -1.87. The normalized spacial score (nSPS) is 33.5. The van der Waals surface area contributed by atoms with Crippen LogP contribution in [0.25, 0.3) is 0 Å². The van der Waals surface area contributed by atoms with Crippen LogP contribution in [0.4, 0.5) is 4.39 Å². The van der Waals surface area contributed by atoms with Crippen LogP contribution in [0.2, 0.25) is 5.02 Å². The summed E-state index contributed by atoms with van der Waals surface area (Å²) in [6.07, 6.45) is -7.73. The van der Waals surface area contributed by atoms with E-state index >= 15 is 4.39 Å². The molecule has 31 heavy (non-hydrogen) atoms. The number of hydrogen-bond donors (Lipinski definition) is 7. The molecular weight excluding hydrogens is 540 g/mol. The summed E-state index contributed by atoms with van der Waals surface area (Å²) in [6, 6.07) is 0. The molecule has 1 aliphatic heterocycles. The molecule has 178 valence electrons. The molecule has 1 aromatic heterocycles. The summed E-state index contributed by atoms with van der Waals surface area (Å²) >= 11 is 10.4. The Hall–Kier alpha value is -0.390. The zero-order chi connectivity index (χ0) is 24.9. The van der Waals surface area contributed by atoms with Gasteiger partial charge in [-0.1, -0.05) is 23.8 Å². The fourth-order valence-corrected chi connectivity index (χ4v) is 5.37. The molecule has 2 unspecified atom stereocenters. The van der Waals surface area contributed by atoms with Crippen molar-refractivity contribution >= 4 is 47.3 Å². The van der Waals surface area contributed by atoms with E-state index in [1.165, 1.54) is 0 Å². The van der Waals surface area contributed by atoms with Gasteiger partial charge in [0.2, 0.25) is 0 Å². The Labute approximate surface area is 181 Å². The molecule has 1 fully saturated rings. The van der Waals surface area contributed by atoms with Crippen molar-refractivity contribution in [2.75, 3.05) is 6.61 Å². The quantitative estimate of drug-likeness (QED) is 0.163. The molecule has 2 rings (SSSR count). The molecule has 0 radical (unpaired) electrons. The molecule has 0 bridgehead atoms. The zero-order valence-corrected chi connectivity index (χ0v) is 18.6. The number of aromatic amines is 1. The number of nitrogens with one attached hydrogen (secondary N) is 1. The van der Waals surface area contributed by atoms with Crippen LogP contribution in [0, 0.1) is 4.64 Å². The maximum absolute atomic E-state index is 15.1. The van der Waals surface area contributed by atoms with Crippen LogP contribution in [0.5, 0.6) is 0 Å². The smallest absolute Gasteiger partial charge is 0.385 e. The lowest BCUT2D eigenvalue weighted by Crippen LogP contribution is -2.43. The molecule has 0 saturated carbocycles. The van der Waals surface area contributed by atoms with Gasteiger partial charge in [-0.05, 0) is 0 Å². The highest BCUT2D eigenvalue weighted by Gasteiger charge is 2.57. The summed E-state index contributed by atoms with van der Waals surface area (Å²) in [5, 5.41) is 19.7. The van der Waals surface area contributed by atoms with Crippen molar-refractivity contribution in [2.45, 2.75) is 24.3 Å². The third-order valence-corrected chi connectivity index (χ3v) is 7.75. The topological polar surface area (TPSA) is 247 Å². The predicted octanol–water partition coefficient (Wildman–Crippen LogP) is -0.181. The lowest BCUT2D eigenvalue weighted by Gasteiger charge is -2.24. The molecule has 0 aromatic carbocycles. The number of aromatic nitrogens is 2. The van der Waals surface area contributed by atoms with Crippen molar-refractivity contribution in [3.63, 3.8) is 0 Å². The molecule has 1 aromatic rings. The van der Waals surface area contributed by atoms with E-state index in [0.717, 1.165) is 0 Å². The van der Waals surface area contributed by atoms with Gasteiger partial charge >= 0.3 is 29.2 Å². The molecule has 0 amide bonds. The van der Waals surface area contributed by atoms with Gasteiger partial charge in [0, 0.05) is 6.20 Å². The number of aliphatic hydroxyl groups is 2. The third-order valence-electron chi connectivity index (χ3n) is 3.24. The largest absolute Gasteiger partial charge is 0.490 e. The average Bonchev–Trinajstić information content (AvgIpc) is 2.75. The van der Waals surface area contributed by atoms with Crippen LogP contribution in [-0.4, -0.2) is 64.0 Å². The Balaban J connectivity index is 2.26. The number of H-pyrrole nitrogens is 1. The van der Waals surface area contributed by atoms with Crippen LogP contribution in [0.1, 0.15) is 7.57 Å². The van der Waals surface area contributed by atoms with Crippen molar-refractivity contribution in [3.05, 3.63) is 26.3 Å². The van der Waals surface area contributed by atoms with E-state index in [4.69, 9.17) is 27.7 Å². The van der Waals surface area contributed by atoms with Crippen LogP contribution < -0.4 is 5.69 Å². The van der Waals surface area contributed by atoms with Crippen LogP contribution in [0.15, 0.2) is 11.0 Å². The first-order valence-electron chi connectivity index (χ1n) is 7.77. The summed E-state index contributed by atoms with van der Waals surface area (Å²) < 4.78 is 72.0. The first-order valence-corrected chi connectivity index (χ1v) is 12.6. The predicted molar refractivity (Wildman–Crippen MR) is 96.7 cm³/mol. The summed E-state index contributed by atoms with van der Waals surface area (Å²) in [5.41, 5.74) is -1.24. The molecule has 2 heterocycles. The van der Waals surface area contributed by atoms with Crippen molar-refractivity contribution in [2.24, 2.45) is 0 Å². The highest BCUT2D eigenvalue weighted by atomic mass is 35.5. The highest BCUT2D eigenvalue weighted by molar-refractivity contribution is 7.71. The van der Waals surface area contributed by atoms with Gasteiger partial charge < -0.3 is 34.5 Å². The summed E-state index contributed by atoms with van der Waals surface area (Å²) in [5.74, 6) is -3.72.